The number of rotatable bonds is 5. The molecule has 6 heteroatoms. The van der Waals surface area contributed by atoms with E-state index in [0.29, 0.717) is 16.7 Å². The molecule has 0 heterocycles. The smallest absolute Gasteiger partial charge is 0.265 e. The van der Waals surface area contributed by atoms with Crippen LogP contribution in [0.3, 0.4) is 0 Å². The minimum atomic E-state index is -3.99. The number of methoxy groups -OCH3 is 1. The Hall–Kier alpha value is -2.18. The van der Waals surface area contributed by atoms with Crippen LogP contribution in [-0.2, 0) is 21.4 Å². The number of nitrogens with one attached hydrogen (secondary N) is 1. The van der Waals surface area contributed by atoms with Crippen LogP contribution in [0.2, 0.25) is 0 Å². The number of carbonyl (C=O) groups excluding carboxylic acids is 1. The van der Waals surface area contributed by atoms with Gasteiger partial charge in [-0.15, -0.1) is 0 Å². The van der Waals surface area contributed by atoms with Crippen LogP contribution in [-0.4, -0.2) is 21.4 Å². The number of amides is 1. The van der Waals surface area contributed by atoms with Crippen LogP contribution in [0.5, 0.6) is 0 Å². The van der Waals surface area contributed by atoms with Crippen LogP contribution in [0.25, 0.3) is 0 Å². The highest BCUT2D eigenvalue weighted by molar-refractivity contribution is 7.90. The second kappa shape index (κ2) is 7.37. The van der Waals surface area contributed by atoms with Crippen molar-refractivity contribution in [3.05, 3.63) is 63.7 Å². The lowest BCUT2D eigenvalue weighted by molar-refractivity contribution is 0.0976. The average Bonchev–Trinajstić information content (AvgIpc) is 2.53. The third-order valence-electron chi connectivity index (χ3n) is 4.35. The summed E-state index contributed by atoms with van der Waals surface area (Å²) in [7, 11) is -2.46. The standard InChI is InChI=1S/C19H23NO4S/c1-12-10-13(2)15(4)18(14(12)3)25(22,23)20-19(21)17-9-7-6-8-16(17)11-24-5/h6-10H,11H2,1-5H3,(H,20,21). The number of sulfonamides is 1. The monoisotopic (exact) mass is 361 g/mol. The molecule has 0 aromatic heterocycles. The van der Waals surface area contributed by atoms with Crippen molar-refractivity contribution in [3.63, 3.8) is 0 Å². The highest BCUT2D eigenvalue weighted by Gasteiger charge is 2.25. The summed E-state index contributed by atoms with van der Waals surface area (Å²) in [5.74, 6) is -0.661. The largest absolute Gasteiger partial charge is 0.380 e. The SMILES string of the molecule is COCc1ccccc1C(=O)NS(=O)(=O)c1c(C)c(C)cc(C)c1C. The number of ether oxygens (including phenoxy) is 1. The first kappa shape index (κ1) is 19.1. The van der Waals surface area contributed by atoms with Crippen molar-refractivity contribution in [3.8, 4) is 0 Å². The number of hydrogen-bond donors (Lipinski definition) is 1. The molecule has 0 saturated heterocycles. The van der Waals surface area contributed by atoms with E-state index in [9.17, 15) is 13.2 Å². The molecule has 0 atom stereocenters. The van der Waals surface area contributed by atoms with Gasteiger partial charge in [-0.25, -0.2) is 13.1 Å². The third-order valence-corrected chi connectivity index (χ3v) is 5.96. The van der Waals surface area contributed by atoms with E-state index in [1.807, 2.05) is 19.9 Å². The Bertz CT molecular complexity index is 891. The molecular formula is C19H23NO4S. The van der Waals surface area contributed by atoms with Gasteiger partial charge in [-0.2, -0.15) is 0 Å². The Labute approximate surface area is 149 Å². The number of hydrogen-bond acceptors (Lipinski definition) is 4. The van der Waals surface area contributed by atoms with Crippen LogP contribution in [0.1, 0.15) is 38.2 Å². The normalized spacial score (nSPS) is 11.4. The zero-order valence-corrected chi connectivity index (χ0v) is 16.0. The van der Waals surface area contributed by atoms with Gasteiger partial charge in [-0.3, -0.25) is 4.79 Å². The maximum absolute atomic E-state index is 12.9. The third kappa shape index (κ3) is 3.91. The first-order chi connectivity index (χ1) is 11.7. The molecule has 25 heavy (non-hydrogen) atoms. The maximum atomic E-state index is 12.9. The predicted octanol–water partition coefficient (Wildman–Crippen LogP) is 3.19. The van der Waals surface area contributed by atoms with Gasteiger partial charge in [0.2, 0.25) is 0 Å². The van der Waals surface area contributed by atoms with E-state index in [-0.39, 0.29) is 17.1 Å². The zero-order chi connectivity index (χ0) is 18.8. The Kier molecular flexibility index (Phi) is 5.65. The molecule has 2 aromatic rings. The summed E-state index contributed by atoms with van der Waals surface area (Å²) >= 11 is 0. The van der Waals surface area contributed by atoms with Crippen molar-refractivity contribution in [2.45, 2.75) is 39.2 Å². The lowest BCUT2D eigenvalue weighted by Crippen LogP contribution is -2.32. The lowest BCUT2D eigenvalue weighted by Gasteiger charge is -2.16. The number of benzene rings is 2. The minimum absolute atomic E-state index is 0.169. The fraction of sp³-hybridized carbons (Fsp3) is 0.316. The van der Waals surface area contributed by atoms with Crippen molar-refractivity contribution < 1.29 is 17.9 Å². The molecule has 0 radical (unpaired) electrons. The van der Waals surface area contributed by atoms with Gasteiger partial charge < -0.3 is 4.74 Å². The van der Waals surface area contributed by atoms with E-state index in [1.54, 1.807) is 38.1 Å². The molecule has 2 aromatic carbocycles. The Morgan fingerprint density at radius 1 is 1.04 bits per heavy atom. The molecule has 2 rings (SSSR count). The Morgan fingerprint density at radius 3 is 2.16 bits per heavy atom. The molecule has 0 aliphatic carbocycles. The van der Waals surface area contributed by atoms with Crippen LogP contribution < -0.4 is 4.72 Å². The van der Waals surface area contributed by atoms with Crippen molar-refractivity contribution >= 4 is 15.9 Å². The van der Waals surface area contributed by atoms with Crippen molar-refractivity contribution in [2.75, 3.05) is 7.11 Å². The zero-order valence-electron chi connectivity index (χ0n) is 15.1. The molecule has 1 amide bonds. The van der Waals surface area contributed by atoms with Crippen LogP contribution in [0.4, 0.5) is 0 Å². The van der Waals surface area contributed by atoms with E-state index in [2.05, 4.69) is 4.72 Å². The van der Waals surface area contributed by atoms with Crippen LogP contribution >= 0.6 is 0 Å². The van der Waals surface area contributed by atoms with Gasteiger partial charge in [-0.1, -0.05) is 24.3 Å². The summed E-state index contributed by atoms with van der Waals surface area (Å²) in [6.45, 7) is 7.44. The summed E-state index contributed by atoms with van der Waals surface area (Å²) in [6, 6.07) is 8.73. The molecule has 0 bridgehead atoms. The molecule has 0 aliphatic heterocycles. The second-order valence-electron chi connectivity index (χ2n) is 6.11. The molecule has 0 spiro atoms. The first-order valence-corrected chi connectivity index (χ1v) is 9.38. The van der Waals surface area contributed by atoms with Crippen molar-refractivity contribution in [2.24, 2.45) is 0 Å². The summed E-state index contributed by atoms with van der Waals surface area (Å²) < 4.78 is 33.0. The molecule has 1 N–H and O–H groups in total. The van der Waals surface area contributed by atoms with E-state index in [1.165, 1.54) is 7.11 Å². The predicted molar refractivity (Wildman–Crippen MR) is 97.2 cm³/mol. The van der Waals surface area contributed by atoms with E-state index in [4.69, 9.17) is 4.74 Å². The molecule has 0 unspecified atom stereocenters. The van der Waals surface area contributed by atoms with Gasteiger partial charge in [0.1, 0.15) is 0 Å². The molecule has 0 fully saturated rings. The van der Waals surface area contributed by atoms with Crippen LogP contribution in [0, 0.1) is 27.7 Å². The summed E-state index contributed by atoms with van der Waals surface area (Å²) in [5.41, 5.74) is 3.95. The average molecular weight is 361 g/mol. The minimum Gasteiger partial charge on any atom is -0.380 e. The van der Waals surface area contributed by atoms with E-state index >= 15 is 0 Å². The van der Waals surface area contributed by atoms with Crippen molar-refractivity contribution in [1.29, 1.82) is 0 Å². The summed E-state index contributed by atoms with van der Waals surface area (Å²) in [6.07, 6.45) is 0. The number of aryl methyl sites for hydroxylation is 2. The maximum Gasteiger partial charge on any atom is 0.265 e. The lowest BCUT2D eigenvalue weighted by atomic mass is 10.0. The molecule has 0 saturated carbocycles. The molecule has 134 valence electrons. The van der Waals surface area contributed by atoms with Gasteiger partial charge in [-0.05, 0) is 61.6 Å². The molecular weight excluding hydrogens is 338 g/mol. The summed E-state index contributed by atoms with van der Waals surface area (Å²) in [5, 5.41) is 0. The van der Waals surface area contributed by atoms with E-state index in [0.717, 1.165) is 11.1 Å². The van der Waals surface area contributed by atoms with Gasteiger partial charge in [0.15, 0.2) is 0 Å². The van der Waals surface area contributed by atoms with Crippen molar-refractivity contribution in [1.82, 2.24) is 4.72 Å². The van der Waals surface area contributed by atoms with Crippen LogP contribution in [0.15, 0.2) is 35.2 Å². The number of carbonyl (C=O) groups is 1. The Balaban J connectivity index is 2.46. The van der Waals surface area contributed by atoms with Gasteiger partial charge in [0, 0.05) is 12.7 Å². The molecule has 5 nitrogen and oxygen atoms in total. The highest BCUT2D eigenvalue weighted by atomic mass is 32.2. The van der Waals surface area contributed by atoms with Gasteiger partial charge in [0.25, 0.3) is 15.9 Å². The summed E-state index contributed by atoms with van der Waals surface area (Å²) in [4.78, 5) is 12.7. The van der Waals surface area contributed by atoms with E-state index < -0.39 is 15.9 Å². The topological polar surface area (TPSA) is 72.5 Å². The Morgan fingerprint density at radius 2 is 1.60 bits per heavy atom. The van der Waals surface area contributed by atoms with Gasteiger partial charge in [0.05, 0.1) is 11.5 Å². The fourth-order valence-electron chi connectivity index (χ4n) is 2.83. The fourth-order valence-corrected chi connectivity index (χ4v) is 4.42. The van der Waals surface area contributed by atoms with Gasteiger partial charge >= 0.3 is 0 Å². The quantitative estimate of drug-likeness (QED) is 0.888. The highest BCUT2D eigenvalue weighted by Crippen LogP contribution is 2.26. The second-order valence-corrected chi connectivity index (χ2v) is 7.73. The first-order valence-electron chi connectivity index (χ1n) is 7.90. The molecule has 0 aliphatic rings.